The van der Waals surface area contributed by atoms with Gasteiger partial charge in [0.25, 0.3) is 0 Å². The lowest BCUT2D eigenvalue weighted by atomic mass is 10.2. The van der Waals surface area contributed by atoms with E-state index in [0.717, 1.165) is 17.1 Å². The second-order valence-electron chi connectivity index (χ2n) is 3.67. The van der Waals surface area contributed by atoms with Crippen LogP contribution < -0.4 is 5.73 Å². The van der Waals surface area contributed by atoms with Crippen LogP contribution in [-0.4, -0.2) is 11.0 Å². The molecule has 1 unspecified atom stereocenters. The molecule has 1 heterocycles. The number of hydrogen-bond donors (Lipinski definition) is 1. The highest BCUT2D eigenvalue weighted by atomic mass is 32.1. The van der Waals surface area contributed by atoms with Gasteiger partial charge in [-0.1, -0.05) is 30.3 Å². The summed E-state index contributed by atoms with van der Waals surface area (Å²) >= 11 is 1.68. The van der Waals surface area contributed by atoms with Crippen LogP contribution in [0.4, 0.5) is 0 Å². The molecule has 1 aromatic carbocycles. The summed E-state index contributed by atoms with van der Waals surface area (Å²) in [7, 11) is 0. The van der Waals surface area contributed by atoms with Crippen molar-refractivity contribution in [2.45, 2.75) is 19.4 Å². The number of hydrogen-bond acceptors (Lipinski definition) is 3. The fourth-order valence-corrected chi connectivity index (χ4v) is 2.37. The maximum atomic E-state index is 5.74. The average molecular weight is 218 g/mol. The van der Waals surface area contributed by atoms with Gasteiger partial charge in [0.1, 0.15) is 0 Å². The van der Waals surface area contributed by atoms with Crippen molar-refractivity contribution in [3.05, 3.63) is 40.7 Å². The molecule has 0 amide bonds. The molecule has 78 valence electrons. The lowest BCUT2D eigenvalue weighted by Crippen LogP contribution is -2.17. The average Bonchev–Trinajstić information content (AvgIpc) is 2.67. The molecular weight excluding hydrogens is 204 g/mol. The van der Waals surface area contributed by atoms with Gasteiger partial charge in [0, 0.05) is 23.4 Å². The van der Waals surface area contributed by atoms with E-state index in [9.17, 15) is 0 Å². The third-order valence-corrected chi connectivity index (χ3v) is 2.99. The molecule has 2 nitrogen and oxygen atoms in total. The van der Waals surface area contributed by atoms with Crippen molar-refractivity contribution in [1.82, 2.24) is 4.98 Å². The molecule has 0 aliphatic rings. The summed E-state index contributed by atoms with van der Waals surface area (Å²) in [5.74, 6) is 0. The van der Waals surface area contributed by atoms with E-state index in [1.165, 1.54) is 5.56 Å². The molecule has 0 aliphatic carbocycles. The van der Waals surface area contributed by atoms with Gasteiger partial charge in [-0.3, -0.25) is 0 Å². The standard InChI is InChI=1S/C12H14N2S/c1-9(13)7-12-14-11(8-15-12)10-5-3-2-4-6-10/h2-6,8-9H,7,13H2,1H3. The second kappa shape index (κ2) is 4.55. The highest BCUT2D eigenvalue weighted by Gasteiger charge is 2.05. The molecule has 0 fully saturated rings. The Morgan fingerprint density at radius 2 is 2.07 bits per heavy atom. The topological polar surface area (TPSA) is 38.9 Å². The summed E-state index contributed by atoms with van der Waals surface area (Å²) in [6.07, 6.45) is 0.859. The first-order valence-electron chi connectivity index (χ1n) is 5.01. The minimum Gasteiger partial charge on any atom is -0.328 e. The van der Waals surface area contributed by atoms with Gasteiger partial charge in [-0.05, 0) is 6.92 Å². The molecule has 0 aliphatic heterocycles. The minimum absolute atomic E-state index is 0.180. The SMILES string of the molecule is CC(N)Cc1nc(-c2ccccc2)cs1. The van der Waals surface area contributed by atoms with Crippen molar-refractivity contribution in [3.63, 3.8) is 0 Å². The zero-order chi connectivity index (χ0) is 10.7. The van der Waals surface area contributed by atoms with E-state index in [0.29, 0.717) is 0 Å². The zero-order valence-electron chi connectivity index (χ0n) is 8.68. The molecule has 1 aromatic heterocycles. The molecule has 15 heavy (non-hydrogen) atoms. The molecule has 0 bridgehead atoms. The van der Waals surface area contributed by atoms with Crippen molar-refractivity contribution in [1.29, 1.82) is 0 Å². The summed E-state index contributed by atoms with van der Waals surface area (Å²) in [5.41, 5.74) is 7.96. The first-order chi connectivity index (χ1) is 7.25. The zero-order valence-corrected chi connectivity index (χ0v) is 9.50. The summed E-state index contributed by atoms with van der Waals surface area (Å²) in [6.45, 7) is 2.00. The first kappa shape index (κ1) is 10.3. The van der Waals surface area contributed by atoms with Gasteiger partial charge in [-0.15, -0.1) is 11.3 Å². The molecule has 3 heteroatoms. The number of nitrogens with zero attached hydrogens (tertiary/aromatic N) is 1. The summed E-state index contributed by atoms with van der Waals surface area (Å²) in [5, 5.41) is 3.21. The molecule has 0 saturated carbocycles. The molecule has 0 radical (unpaired) electrons. The molecule has 2 N–H and O–H groups in total. The first-order valence-corrected chi connectivity index (χ1v) is 5.89. The fraction of sp³-hybridized carbons (Fsp3) is 0.250. The van der Waals surface area contributed by atoms with E-state index in [4.69, 9.17) is 5.73 Å². The van der Waals surface area contributed by atoms with Gasteiger partial charge in [0.15, 0.2) is 0 Å². The van der Waals surface area contributed by atoms with Crippen LogP contribution in [0.15, 0.2) is 35.7 Å². The quantitative estimate of drug-likeness (QED) is 0.860. The van der Waals surface area contributed by atoms with Gasteiger partial charge in [-0.25, -0.2) is 4.98 Å². The summed E-state index contributed by atoms with van der Waals surface area (Å²) in [4.78, 5) is 4.56. The smallest absolute Gasteiger partial charge is 0.0947 e. The predicted octanol–water partition coefficient (Wildman–Crippen LogP) is 2.70. The molecule has 2 rings (SSSR count). The van der Waals surface area contributed by atoms with Gasteiger partial charge in [-0.2, -0.15) is 0 Å². The minimum atomic E-state index is 0.180. The Kier molecular flexibility index (Phi) is 3.14. The second-order valence-corrected chi connectivity index (χ2v) is 4.62. The van der Waals surface area contributed by atoms with Gasteiger partial charge in [0.2, 0.25) is 0 Å². The predicted molar refractivity (Wildman–Crippen MR) is 64.9 cm³/mol. The lowest BCUT2D eigenvalue weighted by Gasteiger charge is -1.99. The molecule has 0 saturated heterocycles. The number of benzene rings is 1. The van der Waals surface area contributed by atoms with Crippen molar-refractivity contribution in [2.24, 2.45) is 5.73 Å². The Labute approximate surface area is 93.8 Å². The van der Waals surface area contributed by atoms with E-state index in [1.54, 1.807) is 11.3 Å². The van der Waals surface area contributed by atoms with Crippen LogP contribution in [0, 0.1) is 0 Å². The van der Waals surface area contributed by atoms with Crippen molar-refractivity contribution in [2.75, 3.05) is 0 Å². The van der Waals surface area contributed by atoms with E-state index < -0.39 is 0 Å². The lowest BCUT2D eigenvalue weighted by molar-refractivity contribution is 0.734. The molecule has 0 spiro atoms. The monoisotopic (exact) mass is 218 g/mol. The largest absolute Gasteiger partial charge is 0.328 e. The number of rotatable bonds is 3. The normalized spacial score (nSPS) is 12.7. The maximum absolute atomic E-state index is 5.74. The summed E-state index contributed by atoms with van der Waals surface area (Å²) in [6, 6.07) is 10.4. The molecule has 2 aromatic rings. The van der Waals surface area contributed by atoms with E-state index in [1.807, 2.05) is 25.1 Å². The van der Waals surface area contributed by atoms with E-state index in [2.05, 4.69) is 22.5 Å². The van der Waals surface area contributed by atoms with Gasteiger partial charge in [0.05, 0.1) is 10.7 Å². The molecular formula is C12H14N2S. The maximum Gasteiger partial charge on any atom is 0.0947 e. The van der Waals surface area contributed by atoms with Crippen LogP contribution in [0.2, 0.25) is 0 Å². The highest BCUT2D eigenvalue weighted by Crippen LogP contribution is 2.21. The third kappa shape index (κ3) is 2.64. The van der Waals surface area contributed by atoms with Crippen LogP contribution in [-0.2, 0) is 6.42 Å². The fourth-order valence-electron chi connectivity index (χ4n) is 1.42. The Morgan fingerprint density at radius 3 is 2.73 bits per heavy atom. The van der Waals surface area contributed by atoms with Crippen molar-refractivity contribution < 1.29 is 0 Å². The van der Waals surface area contributed by atoms with Gasteiger partial charge < -0.3 is 5.73 Å². The van der Waals surface area contributed by atoms with Crippen LogP contribution in [0.25, 0.3) is 11.3 Å². The number of thiazole rings is 1. The van der Waals surface area contributed by atoms with Crippen LogP contribution in [0.5, 0.6) is 0 Å². The van der Waals surface area contributed by atoms with Crippen LogP contribution >= 0.6 is 11.3 Å². The summed E-state index contributed by atoms with van der Waals surface area (Å²) < 4.78 is 0. The van der Waals surface area contributed by atoms with Crippen LogP contribution in [0.1, 0.15) is 11.9 Å². The highest BCUT2D eigenvalue weighted by molar-refractivity contribution is 7.09. The number of aromatic nitrogens is 1. The Hall–Kier alpha value is -1.19. The Bertz CT molecular complexity index is 420. The molecule has 1 atom stereocenters. The van der Waals surface area contributed by atoms with E-state index >= 15 is 0 Å². The third-order valence-electron chi connectivity index (χ3n) is 2.12. The Balaban J connectivity index is 2.21. The van der Waals surface area contributed by atoms with E-state index in [-0.39, 0.29) is 6.04 Å². The van der Waals surface area contributed by atoms with Crippen molar-refractivity contribution in [3.8, 4) is 11.3 Å². The van der Waals surface area contributed by atoms with Gasteiger partial charge >= 0.3 is 0 Å². The van der Waals surface area contributed by atoms with Crippen molar-refractivity contribution >= 4 is 11.3 Å². The number of nitrogens with two attached hydrogens (primary N) is 1. The van der Waals surface area contributed by atoms with Crippen LogP contribution in [0.3, 0.4) is 0 Å². The Morgan fingerprint density at radius 1 is 1.33 bits per heavy atom.